The quantitative estimate of drug-likeness (QED) is 0.799. The van der Waals surface area contributed by atoms with Gasteiger partial charge in [-0.2, -0.15) is 0 Å². The zero-order chi connectivity index (χ0) is 19.6. The molecule has 0 saturated heterocycles. The van der Waals surface area contributed by atoms with Gasteiger partial charge in [-0.3, -0.25) is 4.57 Å². The van der Waals surface area contributed by atoms with E-state index in [1.165, 1.54) is 11.1 Å². The van der Waals surface area contributed by atoms with Gasteiger partial charge in [0.1, 0.15) is 6.10 Å². The summed E-state index contributed by atoms with van der Waals surface area (Å²) in [6.07, 6.45) is 6.74. The topological polar surface area (TPSA) is 37.7 Å². The summed E-state index contributed by atoms with van der Waals surface area (Å²) in [7, 11) is 8.39. The predicted molar refractivity (Wildman–Crippen MR) is 111 cm³/mol. The van der Waals surface area contributed by atoms with Crippen molar-refractivity contribution in [2.75, 3.05) is 34.7 Å². The molecule has 0 unspecified atom stereocenters. The Morgan fingerprint density at radius 3 is 2.48 bits per heavy atom. The summed E-state index contributed by atoms with van der Waals surface area (Å²) in [4.78, 5) is 17.3. The van der Waals surface area contributed by atoms with E-state index in [1.807, 2.05) is 12.3 Å². The van der Waals surface area contributed by atoms with E-state index in [1.54, 1.807) is 4.57 Å². The zero-order valence-corrected chi connectivity index (χ0v) is 17.4. The molecule has 0 radical (unpaired) electrons. The minimum atomic E-state index is -0.242. The maximum absolute atomic E-state index is 12.9. The number of nitrogens with zero attached hydrogens (tertiary/aromatic N) is 3. The summed E-state index contributed by atoms with van der Waals surface area (Å²) in [5.41, 5.74) is 3.36. The number of carbonyl (C=O) groups is 1. The lowest BCUT2D eigenvalue weighted by molar-refractivity contribution is 0.0586. The standard InChI is InChI=1S/C22H33N3O2/c1-16-6-11-21-20(14-16)17(12-13-23(2)3)15-25(21)22(26)27-19-9-7-18(8-10-19)24(4)5/h6,11,14-15,18-19H,7-10,12-13H2,1-5H3. The average molecular weight is 372 g/mol. The van der Waals surface area contributed by atoms with Gasteiger partial charge in [-0.15, -0.1) is 0 Å². The monoisotopic (exact) mass is 371 g/mol. The number of ether oxygens (including phenoxy) is 1. The molecule has 2 aromatic rings. The second-order valence-electron chi connectivity index (χ2n) is 8.38. The third kappa shape index (κ3) is 4.71. The zero-order valence-electron chi connectivity index (χ0n) is 17.4. The van der Waals surface area contributed by atoms with Crippen LogP contribution in [0.15, 0.2) is 24.4 Å². The van der Waals surface area contributed by atoms with Crippen molar-refractivity contribution in [2.45, 2.75) is 51.2 Å². The van der Waals surface area contributed by atoms with Gasteiger partial charge in [-0.25, -0.2) is 4.79 Å². The normalized spacial score (nSPS) is 20.6. The Labute approximate surface area is 162 Å². The highest BCUT2D eigenvalue weighted by atomic mass is 16.6. The second kappa shape index (κ2) is 8.44. The summed E-state index contributed by atoms with van der Waals surface area (Å²) in [5.74, 6) is 0. The first-order chi connectivity index (χ1) is 12.8. The summed E-state index contributed by atoms with van der Waals surface area (Å²) in [6, 6.07) is 6.87. The summed E-state index contributed by atoms with van der Waals surface area (Å²) >= 11 is 0. The fourth-order valence-electron chi connectivity index (χ4n) is 3.99. The van der Waals surface area contributed by atoms with E-state index in [0.717, 1.165) is 49.6 Å². The third-order valence-corrected chi connectivity index (χ3v) is 5.71. The molecule has 148 valence electrons. The number of fused-ring (bicyclic) bond motifs is 1. The smallest absolute Gasteiger partial charge is 0.418 e. The van der Waals surface area contributed by atoms with E-state index in [9.17, 15) is 4.79 Å². The van der Waals surface area contributed by atoms with Crippen LogP contribution >= 0.6 is 0 Å². The van der Waals surface area contributed by atoms with Crippen molar-refractivity contribution in [3.63, 3.8) is 0 Å². The molecule has 1 saturated carbocycles. The van der Waals surface area contributed by atoms with Gasteiger partial charge in [-0.05, 0) is 84.9 Å². The first-order valence-corrected chi connectivity index (χ1v) is 9.98. The van der Waals surface area contributed by atoms with Crippen LogP contribution in [0.4, 0.5) is 4.79 Å². The third-order valence-electron chi connectivity index (χ3n) is 5.71. The molecule has 0 amide bonds. The first kappa shape index (κ1) is 19.9. The van der Waals surface area contributed by atoms with Crippen molar-refractivity contribution in [1.29, 1.82) is 0 Å². The van der Waals surface area contributed by atoms with Gasteiger partial charge in [0, 0.05) is 24.2 Å². The number of likely N-dealkylation sites (N-methyl/N-ethyl adjacent to an activating group) is 1. The molecule has 5 nitrogen and oxygen atoms in total. The number of aryl methyl sites for hydroxylation is 1. The second-order valence-corrected chi connectivity index (χ2v) is 8.38. The Balaban J connectivity index is 1.76. The SMILES string of the molecule is Cc1ccc2c(c1)c(CCN(C)C)cn2C(=O)OC1CCC(N(C)C)CC1. The van der Waals surface area contributed by atoms with Gasteiger partial charge >= 0.3 is 6.09 Å². The minimum Gasteiger partial charge on any atom is -0.446 e. The Morgan fingerprint density at radius 2 is 1.85 bits per heavy atom. The van der Waals surface area contributed by atoms with Crippen molar-refractivity contribution in [3.05, 3.63) is 35.5 Å². The van der Waals surface area contributed by atoms with E-state index < -0.39 is 0 Å². The number of benzene rings is 1. The summed E-state index contributed by atoms with van der Waals surface area (Å²) < 4.78 is 7.58. The van der Waals surface area contributed by atoms with Crippen LogP contribution in [-0.4, -0.2) is 67.3 Å². The Bertz CT molecular complexity index is 786. The molecule has 0 atom stereocenters. The molecule has 27 heavy (non-hydrogen) atoms. The molecule has 0 aliphatic heterocycles. The van der Waals surface area contributed by atoms with Gasteiger partial charge in [0.05, 0.1) is 5.52 Å². The van der Waals surface area contributed by atoms with E-state index in [2.05, 4.69) is 57.0 Å². The molecule has 1 aromatic carbocycles. The van der Waals surface area contributed by atoms with Crippen molar-refractivity contribution < 1.29 is 9.53 Å². The minimum absolute atomic E-state index is 0.0295. The van der Waals surface area contributed by atoms with E-state index >= 15 is 0 Å². The Kier molecular flexibility index (Phi) is 6.22. The summed E-state index contributed by atoms with van der Waals surface area (Å²) in [6.45, 7) is 3.05. The van der Waals surface area contributed by atoms with Crippen LogP contribution in [0.5, 0.6) is 0 Å². The number of hydrogen-bond acceptors (Lipinski definition) is 4. The molecule has 5 heteroatoms. The Morgan fingerprint density at radius 1 is 1.15 bits per heavy atom. The van der Waals surface area contributed by atoms with E-state index in [-0.39, 0.29) is 12.2 Å². The lowest BCUT2D eigenvalue weighted by atomic mass is 9.92. The molecule has 0 bridgehead atoms. The fraction of sp³-hybridized carbons (Fsp3) is 0.591. The number of aromatic nitrogens is 1. The molecule has 1 aliphatic rings. The molecule has 1 aliphatic carbocycles. The molecule has 1 fully saturated rings. The van der Waals surface area contributed by atoms with Gasteiger partial charge in [0.15, 0.2) is 0 Å². The number of hydrogen-bond donors (Lipinski definition) is 0. The van der Waals surface area contributed by atoms with Gasteiger partial charge in [-0.1, -0.05) is 11.6 Å². The molecule has 3 rings (SSSR count). The largest absolute Gasteiger partial charge is 0.446 e. The van der Waals surface area contributed by atoms with Crippen molar-refractivity contribution in [1.82, 2.24) is 14.4 Å². The fourth-order valence-corrected chi connectivity index (χ4v) is 3.99. The highest BCUT2D eigenvalue weighted by Crippen LogP contribution is 2.27. The van der Waals surface area contributed by atoms with Crippen LogP contribution in [0.3, 0.4) is 0 Å². The first-order valence-electron chi connectivity index (χ1n) is 9.98. The number of carbonyl (C=O) groups excluding carboxylic acids is 1. The van der Waals surface area contributed by atoms with Crippen LogP contribution in [0.2, 0.25) is 0 Å². The van der Waals surface area contributed by atoms with Crippen molar-refractivity contribution >= 4 is 17.0 Å². The average Bonchev–Trinajstić information content (AvgIpc) is 2.98. The van der Waals surface area contributed by atoms with Gasteiger partial charge < -0.3 is 14.5 Å². The van der Waals surface area contributed by atoms with Gasteiger partial charge in [0.2, 0.25) is 0 Å². The molecule has 1 heterocycles. The van der Waals surface area contributed by atoms with Crippen LogP contribution in [0.1, 0.15) is 36.8 Å². The summed E-state index contributed by atoms with van der Waals surface area (Å²) in [5, 5.41) is 1.16. The highest BCUT2D eigenvalue weighted by Gasteiger charge is 2.26. The maximum atomic E-state index is 12.9. The molecule has 0 N–H and O–H groups in total. The van der Waals surface area contributed by atoms with Gasteiger partial charge in [0.25, 0.3) is 0 Å². The highest BCUT2D eigenvalue weighted by molar-refractivity contribution is 5.92. The lowest BCUT2D eigenvalue weighted by Gasteiger charge is -2.32. The predicted octanol–water partition coefficient (Wildman–Crippen LogP) is 3.91. The lowest BCUT2D eigenvalue weighted by Crippen LogP contribution is -2.35. The van der Waals surface area contributed by atoms with E-state index in [4.69, 9.17) is 4.74 Å². The molecule has 0 spiro atoms. The van der Waals surface area contributed by atoms with Crippen LogP contribution < -0.4 is 0 Å². The molecular formula is C22H33N3O2. The van der Waals surface area contributed by atoms with Crippen molar-refractivity contribution in [3.8, 4) is 0 Å². The van der Waals surface area contributed by atoms with E-state index in [0.29, 0.717) is 6.04 Å². The maximum Gasteiger partial charge on any atom is 0.418 e. The number of rotatable bonds is 5. The molecule has 1 aromatic heterocycles. The molecular weight excluding hydrogens is 338 g/mol. The van der Waals surface area contributed by atoms with Crippen molar-refractivity contribution in [2.24, 2.45) is 0 Å². The van der Waals surface area contributed by atoms with Crippen LogP contribution in [-0.2, 0) is 11.2 Å². The Hall–Kier alpha value is -1.85. The van der Waals surface area contributed by atoms with Crippen LogP contribution in [0.25, 0.3) is 10.9 Å². The van der Waals surface area contributed by atoms with Crippen LogP contribution in [0, 0.1) is 6.92 Å².